The molecule has 0 saturated heterocycles. The molecule has 4 nitrogen and oxygen atoms in total. The predicted octanol–water partition coefficient (Wildman–Crippen LogP) is 1.71. The maximum atomic E-state index is 11.6. The Balaban J connectivity index is 4.06. The van der Waals surface area contributed by atoms with Crippen LogP contribution in [0.2, 0.25) is 0 Å². The van der Waals surface area contributed by atoms with Crippen LogP contribution in [-0.2, 0) is 19.1 Å². The molecule has 0 aliphatic carbocycles. The molecule has 88 valence electrons. The molecule has 1 unspecified atom stereocenters. The highest BCUT2D eigenvalue weighted by molar-refractivity contribution is 5.97. The predicted molar refractivity (Wildman–Crippen MR) is 56.6 cm³/mol. The van der Waals surface area contributed by atoms with Gasteiger partial charge in [-0.05, 0) is 20.3 Å². The monoisotopic (exact) mass is 216 g/mol. The van der Waals surface area contributed by atoms with E-state index in [2.05, 4.69) is 0 Å². The zero-order valence-corrected chi connectivity index (χ0v) is 9.75. The first-order valence-electron chi connectivity index (χ1n) is 5.45. The minimum Gasteiger partial charge on any atom is -0.466 e. The summed E-state index contributed by atoms with van der Waals surface area (Å²) >= 11 is 0. The van der Waals surface area contributed by atoms with E-state index in [4.69, 9.17) is 9.47 Å². The van der Waals surface area contributed by atoms with Crippen LogP contribution in [0.3, 0.4) is 0 Å². The molecule has 0 spiro atoms. The Morgan fingerprint density at radius 3 is 2.27 bits per heavy atom. The van der Waals surface area contributed by atoms with Gasteiger partial charge in [-0.25, -0.2) is 0 Å². The maximum Gasteiger partial charge on any atom is 0.313 e. The molecule has 0 fully saturated rings. The molecule has 0 aliphatic heterocycles. The molecule has 0 N–H and O–H groups in total. The van der Waals surface area contributed by atoms with Gasteiger partial charge in [0, 0.05) is 6.61 Å². The molecule has 0 aromatic heterocycles. The van der Waals surface area contributed by atoms with Crippen molar-refractivity contribution in [3.05, 3.63) is 0 Å². The van der Waals surface area contributed by atoms with E-state index in [1.165, 1.54) is 0 Å². The molecule has 0 amide bonds. The number of Topliss-reactive ketones (excluding diaryl/α,β-unsaturated/α-hetero) is 1. The first-order chi connectivity index (χ1) is 7.15. The molecule has 0 saturated carbocycles. The normalized spacial score (nSPS) is 12.2. The lowest BCUT2D eigenvalue weighted by Crippen LogP contribution is -2.27. The molecule has 0 aliphatic rings. The van der Waals surface area contributed by atoms with E-state index in [9.17, 15) is 9.59 Å². The lowest BCUT2D eigenvalue weighted by Gasteiger charge is -2.14. The number of carbonyl (C=O) groups is 2. The van der Waals surface area contributed by atoms with Crippen LogP contribution in [-0.4, -0.2) is 31.1 Å². The van der Waals surface area contributed by atoms with Crippen LogP contribution in [0.25, 0.3) is 0 Å². The Labute approximate surface area is 90.9 Å². The summed E-state index contributed by atoms with van der Waals surface area (Å²) in [6.07, 6.45) is 0.883. The van der Waals surface area contributed by atoms with E-state index in [0.29, 0.717) is 19.6 Å². The second-order valence-corrected chi connectivity index (χ2v) is 3.18. The van der Waals surface area contributed by atoms with E-state index >= 15 is 0 Å². The molecule has 4 heteroatoms. The van der Waals surface area contributed by atoms with Crippen LogP contribution in [0, 0.1) is 0 Å². The van der Waals surface area contributed by atoms with Gasteiger partial charge in [0.2, 0.25) is 0 Å². The van der Waals surface area contributed by atoms with Crippen LogP contribution >= 0.6 is 0 Å². The number of ketones is 1. The van der Waals surface area contributed by atoms with Crippen molar-refractivity contribution in [3.8, 4) is 0 Å². The summed E-state index contributed by atoms with van der Waals surface area (Å²) in [6, 6.07) is 0. The number of hydrogen-bond acceptors (Lipinski definition) is 4. The van der Waals surface area contributed by atoms with Gasteiger partial charge in [0.25, 0.3) is 0 Å². The van der Waals surface area contributed by atoms with Crippen LogP contribution < -0.4 is 0 Å². The minimum absolute atomic E-state index is 0.182. The van der Waals surface area contributed by atoms with Crippen molar-refractivity contribution in [2.24, 2.45) is 0 Å². The third kappa shape index (κ3) is 6.23. The Hall–Kier alpha value is -0.900. The molecule has 0 radical (unpaired) electrons. The van der Waals surface area contributed by atoms with Gasteiger partial charge in [0.05, 0.1) is 6.61 Å². The van der Waals surface area contributed by atoms with E-state index in [-0.39, 0.29) is 12.2 Å². The average Bonchev–Trinajstić information content (AvgIpc) is 2.17. The van der Waals surface area contributed by atoms with Gasteiger partial charge < -0.3 is 9.47 Å². The number of ether oxygens (including phenoxy) is 2. The molecule has 0 heterocycles. The highest BCUT2D eigenvalue weighted by atomic mass is 16.5. The molecule has 0 aromatic rings. The van der Waals surface area contributed by atoms with Crippen molar-refractivity contribution < 1.29 is 19.1 Å². The van der Waals surface area contributed by atoms with Crippen molar-refractivity contribution >= 4 is 11.8 Å². The fraction of sp³-hybridized carbons (Fsp3) is 0.818. The summed E-state index contributed by atoms with van der Waals surface area (Å²) in [5.41, 5.74) is 0. The van der Waals surface area contributed by atoms with Crippen LogP contribution in [0.5, 0.6) is 0 Å². The first kappa shape index (κ1) is 14.1. The summed E-state index contributed by atoms with van der Waals surface area (Å²) in [4.78, 5) is 22.7. The minimum atomic E-state index is -0.469. The smallest absolute Gasteiger partial charge is 0.313 e. The number of rotatable bonds is 8. The first-order valence-corrected chi connectivity index (χ1v) is 5.45. The fourth-order valence-electron chi connectivity index (χ4n) is 1.27. The Bertz CT molecular complexity index is 195. The number of carbonyl (C=O) groups excluding carboxylic acids is 2. The van der Waals surface area contributed by atoms with Crippen molar-refractivity contribution in [1.29, 1.82) is 0 Å². The third-order valence-electron chi connectivity index (χ3n) is 1.90. The SMILES string of the molecule is CCCC(OCC)C(=O)CC(=O)OCC. The van der Waals surface area contributed by atoms with E-state index < -0.39 is 12.1 Å². The third-order valence-corrected chi connectivity index (χ3v) is 1.90. The lowest BCUT2D eigenvalue weighted by molar-refractivity contribution is -0.148. The second kappa shape index (κ2) is 8.41. The van der Waals surface area contributed by atoms with Crippen molar-refractivity contribution in [3.63, 3.8) is 0 Å². The van der Waals surface area contributed by atoms with E-state index in [1.54, 1.807) is 6.92 Å². The van der Waals surface area contributed by atoms with Crippen molar-refractivity contribution in [2.45, 2.75) is 46.1 Å². The fourth-order valence-corrected chi connectivity index (χ4v) is 1.27. The van der Waals surface area contributed by atoms with Crippen LogP contribution in [0.15, 0.2) is 0 Å². The molecular formula is C11H20O4. The molecule has 0 bridgehead atoms. The Morgan fingerprint density at radius 1 is 1.13 bits per heavy atom. The van der Waals surface area contributed by atoms with Gasteiger partial charge in [-0.3, -0.25) is 9.59 Å². The topological polar surface area (TPSA) is 52.6 Å². The summed E-state index contributed by atoms with van der Waals surface area (Å²) in [7, 11) is 0. The van der Waals surface area contributed by atoms with E-state index in [1.807, 2.05) is 13.8 Å². The van der Waals surface area contributed by atoms with Gasteiger partial charge in [0.15, 0.2) is 5.78 Å². The zero-order chi connectivity index (χ0) is 11.7. The average molecular weight is 216 g/mol. The molecule has 0 aromatic carbocycles. The maximum absolute atomic E-state index is 11.6. The van der Waals surface area contributed by atoms with Gasteiger partial charge >= 0.3 is 5.97 Å². The van der Waals surface area contributed by atoms with Crippen molar-refractivity contribution in [2.75, 3.05) is 13.2 Å². The largest absolute Gasteiger partial charge is 0.466 e. The van der Waals surface area contributed by atoms with Gasteiger partial charge in [0.1, 0.15) is 12.5 Å². The summed E-state index contributed by atoms with van der Waals surface area (Å²) < 4.78 is 9.97. The number of hydrogen-bond donors (Lipinski definition) is 0. The summed E-state index contributed by atoms with van der Waals surface area (Å²) in [5.74, 6) is -0.652. The molecule has 15 heavy (non-hydrogen) atoms. The number of esters is 1. The second-order valence-electron chi connectivity index (χ2n) is 3.18. The van der Waals surface area contributed by atoms with Crippen molar-refractivity contribution in [1.82, 2.24) is 0 Å². The van der Waals surface area contributed by atoms with Gasteiger partial charge in [-0.15, -0.1) is 0 Å². The van der Waals surface area contributed by atoms with Crippen LogP contribution in [0.1, 0.15) is 40.0 Å². The molecule has 0 rings (SSSR count). The molecular weight excluding hydrogens is 196 g/mol. The lowest BCUT2D eigenvalue weighted by atomic mass is 10.1. The quantitative estimate of drug-likeness (QED) is 0.458. The summed E-state index contributed by atoms with van der Waals surface area (Å²) in [6.45, 7) is 6.32. The zero-order valence-electron chi connectivity index (χ0n) is 9.75. The Kier molecular flexibility index (Phi) is 7.91. The standard InChI is InChI=1S/C11H20O4/c1-4-7-10(14-5-2)9(12)8-11(13)15-6-3/h10H,4-8H2,1-3H3. The van der Waals surface area contributed by atoms with Crippen LogP contribution in [0.4, 0.5) is 0 Å². The van der Waals surface area contributed by atoms with Gasteiger partial charge in [-0.2, -0.15) is 0 Å². The highest BCUT2D eigenvalue weighted by Gasteiger charge is 2.20. The highest BCUT2D eigenvalue weighted by Crippen LogP contribution is 2.06. The Morgan fingerprint density at radius 2 is 1.80 bits per heavy atom. The molecule has 1 atom stereocenters. The summed E-state index contributed by atoms with van der Waals surface area (Å²) in [5, 5.41) is 0. The van der Waals surface area contributed by atoms with E-state index in [0.717, 1.165) is 6.42 Å². The van der Waals surface area contributed by atoms with Gasteiger partial charge in [-0.1, -0.05) is 13.3 Å².